The normalized spacial score (nSPS) is 13.9. The summed E-state index contributed by atoms with van der Waals surface area (Å²) in [7, 11) is 0. The monoisotopic (exact) mass is 227 g/mol. The maximum absolute atomic E-state index is 9.39. The van der Waals surface area contributed by atoms with E-state index in [2.05, 4.69) is 18.8 Å². The van der Waals surface area contributed by atoms with Crippen molar-refractivity contribution in [2.24, 2.45) is 5.41 Å². The minimum Gasteiger partial charge on any atom is -0.393 e. The van der Waals surface area contributed by atoms with Crippen molar-refractivity contribution >= 4 is 11.6 Å². The van der Waals surface area contributed by atoms with Gasteiger partial charge in [-0.2, -0.15) is 0 Å². The molecule has 15 heavy (non-hydrogen) atoms. The summed E-state index contributed by atoms with van der Waals surface area (Å²) >= 11 is 6.04. The first kappa shape index (κ1) is 12.5. The lowest BCUT2D eigenvalue weighted by Gasteiger charge is -2.26. The molecule has 0 spiro atoms. The molecule has 1 aromatic rings. The molecule has 1 rings (SSSR count). The number of aromatic nitrogens is 1. The Hall–Kier alpha value is -0.600. The summed E-state index contributed by atoms with van der Waals surface area (Å²) < 4.78 is 0. The Balaban J connectivity index is 2.73. The van der Waals surface area contributed by atoms with Crippen molar-refractivity contribution < 1.29 is 5.11 Å². The van der Waals surface area contributed by atoms with Gasteiger partial charge in [0.05, 0.1) is 11.1 Å². The minimum atomic E-state index is -0.277. The zero-order valence-corrected chi connectivity index (χ0v) is 10.3. The van der Waals surface area contributed by atoms with Gasteiger partial charge in [-0.15, -0.1) is 0 Å². The van der Waals surface area contributed by atoms with E-state index >= 15 is 0 Å². The van der Waals surface area contributed by atoms with Crippen LogP contribution in [0, 0.1) is 5.41 Å². The van der Waals surface area contributed by atoms with Crippen LogP contribution in [0.4, 0.5) is 0 Å². The smallest absolute Gasteiger partial charge is 0.0621 e. The molecule has 0 saturated carbocycles. The van der Waals surface area contributed by atoms with Gasteiger partial charge in [-0.3, -0.25) is 4.98 Å². The summed E-state index contributed by atoms with van der Waals surface area (Å²) in [6.07, 6.45) is 4.76. The highest BCUT2D eigenvalue weighted by Gasteiger charge is 2.21. The van der Waals surface area contributed by atoms with Gasteiger partial charge in [-0.05, 0) is 36.8 Å². The molecule has 0 fully saturated rings. The number of aliphatic hydroxyl groups excluding tert-OH is 1. The van der Waals surface area contributed by atoms with Gasteiger partial charge in [0.2, 0.25) is 0 Å². The largest absolute Gasteiger partial charge is 0.393 e. The highest BCUT2D eigenvalue weighted by atomic mass is 35.5. The third-order valence-corrected chi connectivity index (χ3v) is 2.71. The number of aliphatic hydroxyl groups is 1. The summed E-state index contributed by atoms with van der Waals surface area (Å²) in [5, 5.41) is 10.1. The van der Waals surface area contributed by atoms with Gasteiger partial charge in [0.1, 0.15) is 0 Å². The van der Waals surface area contributed by atoms with Gasteiger partial charge in [-0.1, -0.05) is 25.4 Å². The maximum Gasteiger partial charge on any atom is 0.0621 e. The number of hydrogen-bond acceptors (Lipinski definition) is 2. The third kappa shape index (κ3) is 4.18. The van der Waals surface area contributed by atoms with Crippen LogP contribution in [-0.4, -0.2) is 16.2 Å². The molecule has 0 bridgehead atoms. The highest BCUT2D eigenvalue weighted by Crippen LogP contribution is 2.29. The zero-order chi connectivity index (χ0) is 11.5. The molecule has 2 nitrogen and oxygen atoms in total. The fourth-order valence-corrected chi connectivity index (χ4v) is 2.12. The Morgan fingerprint density at radius 3 is 2.73 bits per heavy atom. The van der Waals surface area contributed by atoms with Gasteiger partial charge >= 0.3 is 0 Å². The van der Waals surface area contributed by atoms with E-state index in [0.717, 1.165) is 18.4 Å². The molecule has 1 atom stereocenters. The highest BCUT2D eigenvalue weighted by molar-refractivity contribution is 6.31. The van der Waals surface area contributed by atoms with E-state index in [4.69, 9.17) is 11.6 Å². The summed E-state index contributed by atoms with van der Waals surface area (Å²) in [5.74, 6) is 0. The van der Waals surface area contributed by atoms with Gasteiger partial charge in [0, 0.05) is 12.4 Å². The summed E-state index contributed by atoms with van der Waals surface area (Å²) in [4.78, 5) is 3.95. The fraction of sp³-hybridized carbons (Fsp3) is 0.583. The van der Waals surface area contributed by atoms with E-state index in [9.17, 15) is 5.11 Å². The van der Waals surface area contributed by atoms with E-state index < -0.39 is 0 Å². The van der Waals surface area contributed by atoms with Crippen LogP contribution in [0.2, 0.25) is 5.02 Å². The molecule has 1 unspecified atom stereocenters. The Labute approximate surface area is 96.3 Å². The van der Waals surface area contributed by atoms with Crippen LogP contribution in [0.25, 0.3) is 0 Å². The third-order valence-electron chi connectivity index (χ3n) is 2.37. The van der Waals surface area contributed by atoms with Gasteiger partial charge < -0.3 is 5.11 Å². The van der Waals surface area contributed by atoms with Crippen molar-refractivity contribution in [1.82, 2.24) is 4.98 Å². The number of halogens is 1. The second-order valence-corrected chi connectivity index (χ2v) is 5.27. The molecule has 0 aliphatic rings. The second kappa shape index (κ2) is 4.95. The average molecular weight is 228 g/mol. The molecule has 0 saturated heterocycles. The van der Waals surface area contributed by atoms with Crippen LogP contribution >= 0.6 is 11.6 Å². The summed E-state index contributed by atoms with van der Waals surface area (Å²) in [5.41, 5.74) is 1.15. The lowest BCUT2D eigenvalue weighted by Crippen LogP contribution is -2.21. The van der Waals surface area contributed by atoms with Crippen LogP contribution in [0.15, 0.2) is 18.5 Å². The Morgan fingerprint density at radius 1 is 1.53 bits per heavy atom. The Bertz CT molecular complexity index is 323. The van der Waals surface area contributed by atoms with Crippen molar-refractivity contribution in [3.8, 4) is 0 Å². The zero-order valence-electron chi connectivity index (χ0n) is 9.50. The number of pyridine rings is 1. The molecule has 0 radical (unpaired) electrons. The van der Waals surface area contributed by atoms with E-state index in [-0.39, 0.29) is 11.5 Å². The van der Waals surface area contributed by atoms with E-state index in [1.54, 1.807) is 12.4 Å². The molecule has 0 aromatic carbocycles. The van der Waals surface area contributed by atoms with Crippen molar-refractivity contribution in [2.75, 3.05) is 0 Å². The van der Waals surface area contributed by atoms with E-state index in [1.807, 2.05) is 13.0 Å². The molecular weight excluding hydrogens is 210 g/mol. The van der Waals surface area contributed by atoms with E-state index in [0.29, 0.717) is 5.02 Å². The SMILES string of the molecule is CC(O)CC(C)(C)Cc1ccncc1Cl. The number of rotatable bonds is 4. The summed E-state index contributed by atoms with van der Waals surface area (Å²) in [6, 6.07) is 1.94. The number of nitrogens with zero attached hydrogens (tertiary/aromatic N) is 1. The average Bonchev–Trinajstić information content (AvgIpc) is 2.06. The molecule has 0 aliphatic carbocycles. The Morgan fingerprint density at radius 2 is 2.20 bits per heavy atom. The predicted molar refractivity (Wildman–Crippen MR) is 63.0 cm³/mol. The molecule has 1 N–H and O–H groups in total. The lowest BCUT2D eigenvalue weighted by molar-refractivity contribution is 0.129. The first-order valence-electron chi connectivity index (χ1n) is 5.17. The number of hydrogen-bond donors (Lipinski definition) is 1. The van der Waals surface area contributed by atoms with Crippen molar-refractivity contribution in [1.29, 1.82) is 0 Å². The van der Waals surface area contributed by atoms with Crippen LogP contribution in [-0.2, 0) is 6.42 Å². The van der Waals surface area contributed by atoms with Crippen molar-refractivity contribution in [3.05, 3.63) is 29.0 Å². The summed E-state index contributed by atoms with van der Waals surface area (Å²) in [6.45, 7) is 6.09. The van der Waals surface area contributed by atoms with Crippen LogP contribution < -0.4 is 0 Å². The van der Waals surface area contributed by atoms with Crippen LogP contribution in [0.5, 0.6) is 0 Å². The minimum absolute atomic E-state index is 0.0547. The maximum atomic E-state index is 9.39. The first-order chi connectivity index (χ1) is 6.91. The van der Waals surface area contributed by atoms with Crippen LogP contribution in [0.1, 0.15) is 32.8 Å². The predicted octanol–water partition coefficient (Wildman–Crippen LogP) is 3.07. The van der Waals surface area contributed by atoms with Crippen molar-refractivity contribution in [3.63, 3.8) is 0 Å². The van der Waals surface area contributed by atoms with Crippen molar-refractivity contribution in [2.45, 2.75) is 39.7 Å². The Kier molecular flexibility index (Phi) is 4.12. The van der Waals surface area contributed by atoms with Gasteiger partial charge in [0.15, 0.2) is 0 Å². The molecule has 1 aromatic heterocycles. The van der Waals surface area contributed by atoms with Gasteiger partial charge in [0.25, 0.3) is 0 Å². The molecule has 3 heteroatoms. The quantitative estimate of drug-likeness (QED) is 0.858. The van der Waals surface area contributed by atoms with E-state index in [1.165, 1.54) is 0 Å². The molecular formula is C12H18ClNO. The fourth-order valence-electron chi connectivity index (χ4n) is 1.93. The first-order valence-corrected chi connectivity index (χ1v) is 5.55. The molecule has 0 amide bonds. The van der Waals surface area contributed by atoms with Crippen LogP contribution in [0.3, 0.4) is 0 Å². The topological polar surface area (TPSA) is 33.1 Å². The van der Waals surface area contributed by atoms with Gasteiger partial charge in [-0.25, -0.2) is 0 Å². The second-order valence-electron chi connectivity index (χ2n) is 4.86. The lowest BCUT2D eigenvalue weighted by atomic mass is 9.81. The molecule has 84 valence electrons. The standard InChI is InChI=1S/C12H18ClNO/c1-9(15)6-12(2,3)7-10-4-5-14-8-11(10)13/h4-5,8-9,15H,6-7H2,1-3H3. The molecule has 1 heterocycles. The molecule has 0 aliphatic heterocycles.